The monoisotopic (exact) mass is 286 g/mol. The number of nitrogens with zero attached hydrogens (tertiary/aromatic N) is 1. The third-order valence-electron chi connectivity index (χ3n) is 5.20. The first kappa shape index (κ1) is 14.9. The van der Waals surface area contributed by atoms with Gasteiger partial charge < -0.3 is 5.32 Å². The molecule has 2 atom stereocenters. The van der Waals surface area contributed by atoms with Gasteiger partial charge in [0.25, 0.3) is 0 Å². The molecule has 2 unspecified atom stereocenters. The third kappa shape index (κ3) is 4.47. The van der Waals surface area contributed by atoms with Crippen LogP contribution in [0.5, 0.6) is 0 Å². The van der Waals surface area contributed by atoms with Crippen LogP contribution >= 0.6 is 0 Å². The summed E-state index contributed by atoms with van der Waals surface area (Å²) in [6, 6.07) is 9.11. The Morgan fingerprint density at radius 2 is 1.81 bits per heavy atom. The summed E-state index contributed by atoms with van der Waals surface area (Å²) in [4.78, 5) is 2.56. The van der Waals surface area contributed by atoms with Crippen LogP contribution in [-0.2, 0) is 6.54 Å². The number of rotatable bonds is 5. The lowest BCUT2D eigenvalue weighted by Gasteiger charge is -2.27. The highest BCUT2D eigenvalue weighted by Crippen LogP contribution is 2.28. The van der Waals surface area contributed by atoms with Crippen LogP contribution in [0.1, 0.15) is 51.0 Å². The minimum Gasteiger partial charge on any atom is -0.385 e. The molecule has 1 aromatic carbocycles. The van der Waals surface area contributed by atoms with E-state index in [0.29, 0.717) is 0 Å². The second kappa shape index (κ2) is 7.31. The van der Waals surface area contributed by atoms with Crippen LogP contribution in [0.25, 0.3) is 0 Å². The standard InChI is InChI=1S/C19H30N2/c1-16-5-4-6-18(13-16)14-20-19-9-7-17(8-10-19)15-21-11-2-3-12-21/h7-10,16,18,20H,2-6,11-15H2,1H3. The fourth-order valence-electron chi connectivity index (χ4n) is 3.93. The van der Waals surface area contributed by atoms with E-state index in [4.69, 9.17) is 0 Å². The van der Waals surface area contributed by atoms with Gasteiger partial charge in [-0.15, -0.1) is 0 Å². The molecule has 2 nitrogen and oxygen atoms in total. The van der Waals surface area contributed by atoms with Crippen LogP contribution in [-0.4, -0.2) is 24.5 Å². The molecule has 0 aromatic heterocycles. The summed E-state index contributed by atoms with van der Waals surface area (Å²) in [6.07, 6.45) is 8.41. The Balaban J connectivity index is 1.45. The van der Waals surface area contributed by atoms with Crippen molar-refractivity contribution in [2.75, 3.05) is 25.0 Å². The maximum atomic E-state index is 3.64. The van der Waals surface area contributed by atoms with Gasteiger partial charge in [-0.25, -0.2) is 0 Å². The van der Waals surface area contributed by atoms with E-state index in [9.17, 15) is 0 Å². The van der Waals surface area contributed by atoms with Crippen LogP contribution in [0.15, 0.2) is 24.3 Å². The molecular formula is C19H30N2. The second-order valence-electron chi connectivity index (χ2n) is 7.20. The van der Waals surface area contributed by atoms with Gasteiger partial charge in [0.2, 0.25) is 0 Å². The Labute approximate surface area is 129 Å². The lowest BCUT2D eigenvalue weighted by molar-refractivity contribution is 0.293. The molecule has 3 rings (SSSR count). The van der Waals surface area contributed by atoms with Crippen molar-refractivity contribution in [3.63, 3.8) is 0 Å². The quantitative estimate of drug-likeness (QED) is 0.856. The van der Waals surface area contributed by atoms with Crippen molar-refractivity contribution in [3.8, 4) is 0 Å². The maximum absolute atomic E-state index is 3.64. The van der Waals surface area contributed by atoms with Gasteiger partial charge in [0.05, 0.1) is 0 Å². The Bertz CT molecular complexity index is 420. The fraction of sp³-hybridized carbons (Fsp3) is 0.684. The van der Waals surface area contributed by atoms with E-state index >= 15 is 0 Å². The Morgan fingerprint density at radius 3 is 2.52 bits per heavy atom. The van der Waals surface area contributed by atoms with Crippen molar-refractivity contribution < 1.29 is 0 Å². The summed E-state index contributed by atoms with van der Waals surface area (Å²) in [5.74, 6) is 1.80. The predicted octanol–water partition coefficient (Wildman–Crippen LogP) is 4.52. The van der Waals surface area contributed by atoms with Crippen molar-refractivity contribution in [1.29, 1.82) is 0 Å². The SMILES string of the molecule is CC1CCCC(CNc2ccc(CN3CCCC3)cc2)C1. The first-order valence-electron chi connectivity index (χ1n) is 8.85. The Hall–Kier alpha value is -1.02. The Kier molecular flexibility index (Phi) is 5.18. The number of anilines is 1. The normalized spacial score (nSPS) is 26.9. The molecule has 2 fully saturated rings. The third-order valence-corrected chi connectivity index (χ3v) is 5.20. The lowest BCUT2D eigenvalue weighted by Crippen LogP contribution is -2.21. The molecule has 2 heteroatoms. The average Bonchev–Trinajstić information content (AvgIpc) is 3.00. The molecule has 1 aliphatic carbocycles. The molecular weight excluding hydrogens is 256 g/mol. The zero-order valence-electron chi connectivity index (χ0n) is 13.5. The molecule has 1 heterocycles. The first-order valence-corrected chi connectivity index (χ1v) is 8.85. The van der Waals surface area contributed by atoms with E-state index in [-0.39, 0.29) is 0 Å². The topological polar surface area (TPSA) is 15.3 Å². The van der Waals surface area contributed by atoms with Gasteiger partial charge in [-0.3, -0.25) is 4.90 Å². The molecule has 21 heavy (non-hydrogen) atoms. The maximum Gasteiger partial charge on any atom is 0.0340 e. The molecule has 116 valence electrons. The lowest BCUT2D eigenvalue weighted by atomic mass is 9.82. The van der Waals surface area contributed by atoms with E-state index in [2.05, 4.69) is 41.4 Å². The fourth-order valence-corrected chi connectivity index (χ4v) is 3.93. The van der Waals surface area contributed by atoms with Crippen LogP contribution < -0.4 is 5.32 Å². The van der Waals surface area contributed by atoms with Gasteiger partial charge in [0.1, 0.15) is 0 Å². The number of hydrogen-bond donors (Lipinski definition) is 1. The van der Waals surface area contributed by atoms with Crippen molar-refractivity contribution in [2.45, 2.75) is 52.0 Å². The van der Waals surface area contributed by atoms with Crippen molar-refractivity contribution >= 4 is 5.69 Å². The summed E-state index contributed by atoms with van der Waals surface area (Å²) < 4.78 is 0. The van der Waals surface area contributed by atoms with Gasteiger partial charge in [0.15, 0.2) is 0 Å². The largest absolute Gasteiger partial charge is 0.385 e. The van der Waals surface area contributed by atoms with E-state index in [1.807, 2.05) is 0 Å². The van der Waals surface area contributed by atoms with E-state index < -0.39 is 0 Å². The average molecular weight is 286 g/mol. The summed E-state index contributed by atoms with van der Waals surface area (Å²) in [6.45, 7) is 7.23. The number of nitrogens with one attached hydrogen (secondary N) is 1. The van der Waals surface area contributed by atoms with Crippen molar-refractivity contribution in [2.24, 2.45) is 11.8 Å². The minimum atomic E-state index is 0.873. The highest BCUT2D eigenvalue weighted by molar-refractivity contribution is 5.44. The van der Waals surface area contributed by atoms with Gasteiger partial charge >= 0.3 is 0 Å². The molecule has 0 bridgehead atoms. The minimum absolute atomic E-state index is 0.873. The second-order valence-corrected chi connectivity index (χ2v) is 7.20. The summed E-state index contributed by atoms with van der Waals surface area (Å²) in [5, 5.41) is 3.64. The van der Waals surface area contributed by atoms with Crippen LogP contribution in [0.3, 0.4) is 0 Å². The molecule has 1 aromatic rings. The van der Waals surface area contributed by atoms with E-state index in [0.717, 1.165) is 24.9 Å². The molecule has 1 saturated heterocycles. The number of likely N-dealkylation sites (tertiary alicyclic amines) is 1. The zero-order chi connectivity index (χ0) is 14.5. The van der Waals surface area contributed by atoms with E-state index in [1.165, 1.54) is 62.9 Å². The van der Waals surface area contributed by atoms with Gasteiger partial charge in [-0.2, -0.15) is 0 Å². The Morgan fingerprint density at radius 1 is 1.05 bits per heavy atom. The predicted molar refractivity (Wildman–Crippen MR) is 90.6 cm³/mol. The van der Waals surface area contributed by atoms with Crippen molar-refractivity contribution in [3.05, 3.63) is 29.8 Å². The zero-order valence-corrected chi connectivity index (χ0v) is 13.5. The molecule has 0 spiro atoms. The molecule has 0 amide bonds. The number of benzene rings is 1. The molecule has 1 saturated carbocycles. The highest BCUT2D eigenvalue weighted by atomic mass is 15.1. The van der Waals surface area contributed by atoms with Gasteiger partial charge in [0, 0.05) is 18.8 Å². The first-order chi connectivity index (χ1) is 10.3. The molecule has 2 aliphatic rings. The number of hydrogen-bond acceptors (Lipinski definition) is 2. The van der Waals surface area contributed by atoms with Crippen LogP contribution in [0, 0.1) is 11.8 Å². The summed E-state index contributed by atoms with van der Waals surface area (Å²) >= 11 is 0. The molecule has 1 N–H and O–H groups in total. The van der Waals surface area contributed by atoms with Gasteiger partial charge in [-0.05, 0) is 68.3 Å². The highest BCUT2D eigenvalue weighted by Gasteiger charge is 2.18. The van der Waals surface area contributed by atoms with Gasteiger partial charge in [-0.1, -0.05) is 31.9 Å². The summed E-state index contributed by atoms with van der Waals surface area (Å²) in [7, 11) is 0. The van der Waals surface area contributed by atoms with E-state index in [1.54, 1.807) is 0 Å². The molecule has 0 radical (unpaired) electrons. The molecule has 1 aliphatic heterocycles. The van der Waals surface area contributed by atoms with Crippen LogP contribution in [0.2, 0.25) is 0 Å². The van der Waals surface area contributed by atoms with Crippen LogP contribution in [0.4, 0.5) is 5.69 Å². The smallest absolute Gasteiger partial charge is 0.0340 e. The summed E-state index contributed by atoms with van der Waals surface area (Å²) in [5.41, 5.74) is 2.74. The van der Waals surface area contributed by atoms with Crippen molar-refractivity contribution in [1.82, 2.24) is 4.90 Å².